The number of piperidine rings is 1. The first-order chi connectivity index (χ1) is 27.6. The molecule has 0 spiro atoms. The van der Waals surface area contributed by atoms with Gasteiger partial charge in [-0.3, -0.25) is 0 Å². The summed E-state index contributed by atoms with van der Waals surface area (Å²) in [5.74, 6) is 3.81. The van der Waals surface area contributed by atoms with Gasteiger partial charge in [0.2, 0.25) is 0 Å². The molecule has 1 saturated heterocycles. The fraction of sp³-hybridized carbons (Fsp3) is 0.319. The van der Waals surface area contributed by atoms with Gasteiger partial charge in [0.05, 0.1) is 73.7 Å². The van der Waals surface area contributed by atoms with Gasteiger partial charge in [-0.25, -0.2) is 0 Å². The van der Waals surface area contributed by atoms with E-state index in [9.17, 15) is 0 Å². The number of methoxy groups -OCH3 is 4. The molecule has 0 unspecified atom stereocenters. The van der Waals surface area contributed by atoms with Crippen molar-refractivity contribution in [2.45, 2.75) is 44.4 Å². The highest BCUT2D eigenvalue weighted by Crippen LogP contribution is 2.40. The molecule has 1 aliphatic rings. The number of ether oxygens (including phenoxy) is 8. The summed E-state index contributed by atoms with van der Waals surface area (Å²) in [4.78, 5) is 0. The van der Waals surface area contributed by atoms with Gasteiger partial charge >= 0.3 is 0 Å². The molecule has 1 N–H and O–H groups in total. The van der Waals surface area contributed by atoms with Crippen molar-refractivity contribution >= 4 is 21.5 Å². The maximum absolute atomic E-state index is 6.85. The summed E-state index contributed by atoms with van der Waals surface area (Å²) < 4.78 is 49.2. The van der Waals surface area contributed by atoms with E-state index in [0.717, 1.165) is 73.4 Å². The third-order valence-corrected chi connectivity index (χ3v) is 10.4. The van der Waals surface area contributed by atoms with Gasteiger partial charge in [-0.15, -0.1) is 0 Å². The zero-order valence-corrected chi connectivity index (χ0v) is 32.6. The largest absolute Gasteiger partial charge is 0.496 e. The van der Waals surface area contributed by atoms with Crippen molar-refractivity contribution < 1.29 is 37.9 Å². The first-order valence-corrected chi connectivity index (χ1v) is 19.1. The Hall–Kier alpha value is -5.32. The number of benzene rings is 6. The third-order valence-electron chi connectivity index (χ3n) is 10.4. The van der Waals surface area contributed by atoms with E-state index in [4.69, 9.17) is 37.9 Å². The van der Waals surface area contributed by atoms with Crippen LogP contribution in [0.15, 0.2) is 115 Å². The van der Waals surface area contributed by atoms with E-state index in [0.29, 0.717) is 46.1 Å². The minimum atomic E-state index is -0.225. The molecule has 1 aliphatic heterocycles. The molecule has 56 heavy (non-hydrogen) atoms. The van der Waals surface area contributed by atoms with Gasteiger partial charge in [-0.05, 0) is 35.4 Å². The lowest BCUT2D eigenvalue weighted by Crippen LogP contribution is -2.50. The Balaban J connectivity index is 1.10. The standard InChI is InChI=1S/C47H51NO8/c1-49-41-25-34(46(51-3)39-17-10-8-15-37(39)41)30-55-43-27-48-28-44(56-31-35-26-42(50-2)38-16-9-11-18-40(38)47(35)52-4)45(43)33-19-21-36(22-20-33)54-24-12-23-53-29-32-13-6-5-7-14-32/h5-11,13-22,25-26,43-45,48H,12,23-24,27-31H2,1-4H3/t43-,44+,45-. The van der Waals surface area contributed by atoms with Crippen LogP contribution in [-0.4, -0.2) is 67.0 Å². The van der Waals surface area contributed by atoms with E-state index in [1.165, 1.54) is 5.56 Å². The maximum Gasteiger partial charge on any atom is 0.132 e. The lowest BCUT2D eigenvalue weighted by molar-refractivity contribution is -0.0655. The van der Waals surface area contributed by atoms with Crippen LogP contribution in [-0.2, 0) is 34.0 Å². The monoisotopic (exact) mass is 757 g/mol. The van der Waals surface area contributed by atoms with Gasteiger partial charge in [0.15, 0.2) is 0 Å². The van der Waals surface area contributed by atoms with Crippen molar-refractivity contribution in [3.05, 3.63) is 138 Å². The van der Waals surface area contributed by atoms with Crippen LogP contribution in [0.3, 0.4) is 0 Å². The summed E-state index contributed by atoms with van der Waals surface area (Å²) in [5.41, 5.74) is 4.09. The molecule has 0 radical (unpaired) electrons. The number of fused-ring (bicyclic) bond motifs is 2. The summed E-state index contributed by atoms with van der Waals surface area (Å²) in [6.45, 7) is 3.72. The Labute approximate surface area is 329 Å². The Kier molecular flexibility index (Phi) is 13.2. The van der Waals surface area contributed by atoms with Gasteiger partial charge < -0.3 is 43.2 Å². The van der Waals surface area contributed by atoms with E-state index in [1.807, 2.05) is 91.0 Å². The van der Waals surface area contributed by atoms with Gasteiger partial charge in [0, 0.05) is 58.1 Å². The summed E-state index contributed by atoms with van der Waals surface area (Å²) in [6, 6.07) is 38.7. The molecule has 0 aliphatic carbocycles. The molecule has 0 amide bonds. The molecule has 1 heterocycles. The topological polar surface area (TPSA) is 85.9 Å². The normalized spacial score (nSPS) is 16.8. The second-order valence-corrected chi connectivity index (χ2v) is 13.8. The van der Waals surface area contributed by atoms with Crippen molar-refractivity contribution in [3.8, 4) is 28.7 Å². The molecule has 9 heteroatoms. The van der Waals surface area contributed by atoms with Gasteiger partial charge in [0.1, 0.15) is 28.7 Å². The SMILES string of the molecule is COc1cc(CO[C@H]2CNC[C@@H](OCc3cc(OC)c4ccccc4c3OC)[C@H]2c2ccc(OCCCOCc3ccccc3)cc2)c(OC)c2ccccc12. The smallest absolute Gasteiger partial charge is 0.132 e. The van der Waals surface area contributed by atoms with Crippen LogP contribution in [0.25, 0.3) is 21.5 Å². The van der Waals surface area contributed by atoms with Crippen molar-refractivity contribution in [1.82, 2.24) is 5.32 Å². The van der Waals surface area contributed by atoms with Crippen LogP contribution in [0.2, 0.25) is 0 Å². The van der Waals surface area contributed by atoms with Crippen LogP contribution >= 0.6 is 0 Å². The van der Waals surface area contributed by atoms with Crippen molar-refractivity contribution in [2.24, 2.45) is 0 Å². The second-order valence-electron chi connectivity index (χ2n) is 13.8. The van der Waals surface area contributed by atoms with Crippen molar-refractivity contribution in [1.29, 1.82) is 0 Å². The Morgan fingerprint density at radius 2 is 1.05 bits per heavy atom. The van der Waals surface area contributed by atoms with Gasteiger partial charge in [-0.1, -0.05) is 91.0 Å². The summed E-state index contributed by atoms with van der Waals surface area (Å²) >= 11 is 0. The Morgan fingerprint density at radius 3 is 1.57 bits per heavy atom. The number of hydrogen-bond acceptors (Lipinski definition) is 9. The minimum absolute atomic E-state index is 0.0987. The molecule has 292 valence electrons. The summed E-state index contributed by atoms with van der Waals surface area (Å²) in [5, 5.41) is 7.52. The average molecular weight is 758 g/mol. The molecule has 7 rings (SSSR count). The van der Waals surface area contributed by atoms with Gasteiger partial charge in [0.25, 0.3) is 0 Å². The highest BCUT2D eigenvalue weighted by Gasteiger charge is 2.37. The average Bonchev–Trinajstić information content (AvgIpc) is 3.25. The lowest BCUT2D eigenvalue weighted by Gasteiger charge is -2.39. The lowest BCUT2D eigenvalue weighted by atomic mass is 9.85. The fourth-order valence-electron chi connectivity index (χ4n) is 7.69. The molecular formula is C47H51NO8. The first kappa shape index (κ1) is 38.9. The predicted molar refractivity (Wildman–Crippen MR) is 220 cm³/mol. The molecule has 0 saturated carbocycles. The maximum atomic E-state index is 6.85. The van der Waals surface area contributed by atoms with E-state index in [1.54, 1.807) is 28.4 Å². The van der Waals surface area contributed by atoms with Crippen LogP contribution in [0, 0.1) is 0 Å². The van der Waals surface area contributed by atoms with E-state index < -0.39 is 0 Å². The first-order valence-electron chi connectivity index (χ1n) is 19.1. The number of hydrogen-bond donors (Lipinski definition) is 1. The second kappa shape index (κ2) is 19.0. The van der Waals surface area contributed by atoms with Crippen molar-refractivity contribution in [3.63, 3.8) is 0 Å². The summed E-state index contributed by atoms with van der Waals surface area (Å²) in [6.07, 6.45) is 0.343. The molecular weight excluding hydrogens is 707 g/mol. The quantitative estimate of drug-likeness (QED) is 0.0865. The molecule has 0 aromatic heterocycles. The number of nitrogens with one attached hydrogen (secondary N) is 1. The zero-order chi connectivity index (χ0) is 38.7. The van der Waals surface area contributed by atoms with Crippen LogP contribution in [0.5, 0.6) is 28.7 Å². The van der Waals surface area contributed by atoms with E-state index in [2.05, 4.69) is 29.6 Å². The zero-order valence-electron chi connectivity index (χ0n) is 32.6. The van der Waals surface area contributed by atoms with Crippen LogP contribution < -0.4 is 29.0 Å². The highest BCUT2D eigenvalue weighted by molar-refractivity contribution is 5.95. The molecule has 6 aromatic rings. The van der Waals surface area contributed by atoms with Gasteiger partial charge in [-0.2, -0.15) is 0 Å². The number of rotatable bonds is 18. The minimum Gasteiger partial charge on any atom is -0.496 e. The molecule has 0 bridgehead atoms. The van der Waals surface area contributed by atoms with Crippen molar-refractivity contribution in [2.75, 3.05) is 54.7 Å². The van der Waals surface area contributed by atoms with Crippen LogP contribution in [0.4, 0.5) is 0 Å². The predicted octanol–water partition coefficient (Wildman–Crippen LogP) is 8.87. The van der Waals surface area contributed by atoms with E-state index in [-0.39, 0.29) is 18.1 Å². The third kappa shape index (κ3) is 8.87. The van der Waals surface area contributed by atoms with Crippen LogP contribution in [0.1, 0.15) is 34.6 Å². The summed E-state index contributed by atoms with van der Waals surface area (Å²) in [7, 11) is 6.78. The Bertz CT molecular complexity index is 2070. The molecule has 9 nitrogen and oxygen atoms in total. The molecule has 6 aromatic carbocycles. The Morgan fingerprint density at radius 1 is 0.536 bits per heavy atom. The fourth-order valence-corrected chi connectivity index (χ4v) is 7.69. The highest BCUT2D eigenvalue weighted by atomic mass is 16.5. The molecule has 1 fully saturated rings. The molecule has 3 atom stereocenters. The van der Waals surface area contributed by atoms with E-state index >= 15 is 0 Å².